The molecule has 0 fully saturated rings. The highest BCUT2D eigenvalue weighted by atomic mass is 16.6. The summed E-state index contributed by atoms with van der Waals surface area (Å²) in [5.74, 6) is -0.476. The van der Waals surface area contributed by atoms with Crippen molar-refractivity contribution in [3.63, 3.8) is 0 Å². The van der Waals surface area contributed by atoms with Crippen LogP contribution in [0.2, 0.25) is 0 Å². The summed E-state index contributed by atoms with van der Waals surface area (Å²) in [6.07, 6.45) is 0. The predicted molar refractivity (Wildman–Crippen MR) is 91.9 cm³/mol. The number of nitrogens with one attached hydrogen (secondary N) is 1. The van der Waals surface area contributed by atoms with Gasteiger partial charge in [-0.15, -0.1) is 5.10 Å². The maximum atomic E-state index is 12.4. The highest BCUT2D eigenvalue weighted by Crippen LogP contribution is 2.19. The van der Waals surface area contributed by atoms with Crippen LogP contribution in [0.1, 0.15) is 21.7 Å². The van der Waals surface area contributed by atoms with E-state index in [1.165, 1.54) is 18.2 Å². The average molecular weight is 337 g/mol. The molecule has 0 spiro atoms. The summed E-state index contributed by atoms with van der Waals surface area (Å²) in [5, 5.41) is 21.4. The lowest BCUT2D eigenvalue weighted by Gasteiger charge is -2.05. The molecule has 0 radical (unpaired) electrons. The minimum Gasteiger partial charge on any atom is -0.320 e. The quantitative estimate of drug-likeness (QED) is 0.582. The van der Waals surface area contributed by atoms with Crippen LogP contribution >= 0.6 is 0 Å². The summed E-state index contributed by atoms with van der Waals surface area (Å²) < 4.78 is 1.57. The molecule has 3 rings (SSSR count). The molecule has 1 amide bonds. The second-order valence-corrected chi connectivity index (χ2v) is 5.53. The highest BCUT2D eigenvalue weighted by Gasteiger charge is 2.18. The number of carbonyl (C=O) groups is 1. The maximum absolute atomic E-state index is 12.4. The first kappa shape index (κ1) is 16.3. The van der Waals surface area contributed by atoms with Crippen LogP contribution < -0.4 is 5.32 Å². The topological polar surface area (TPSA) is 103 Å². The van der Waals surface area contributed by atoms with Crippen LogP contribution in [0.5, 0.6) is 0 Å². The Morgan fingerprint density at radius 1 is 1.16 bits per heavy atom. The molecule has 1 aromatic heterocycles. The molecule has 0 aliphatic heterocycles. The summed E-state index contributed by atoms with van der Waals surface area (Å²) in [6.45, 7) is 3.72. The van der Waals surface area contributed by atoms with Gasteiger partial charge >= 0.3 is 0 Å². The Balaban J connectivity index is 1.85. The number of carbonyl (C=O) groups excluding carboxylic acids is 1. The Hall–Kier alpha value is -3.55. The summed E-state index contributed by atoms with van der Waals surface area (Å²) >= 11 is 0. The van der Waals surface area contributed by atoms with Gasteiger partial charge in [0.25, 0.3) is 11.6 Å². The van der Waals surface area contributed by atoms with E-state index < -0.39 is 10.8 Å². The maximum Gasteiger partial charge on any atom is 0.278 e. The number of nitrogens with zero attached hydrogens (tertiary/aromatic N) is 4. The predicted octanol–water partition coefficient (Wildman–Crippen LogP) is 3.04. The van der Waals surface area contributed by atoms with E-state index in [4.69, 9.17) is 0 Å². The number of aromatic nitrogens is 3. The monoisotopic (exact) mass is 337 g/mol. The largest absolute Gasteiger partial charge is 0.320 e. The second kappa shape index (κ2) is 6.52. The van der Waals surface area contributed by atoms with Gasteiger partial charge in [0.1, 0.15) is 0 Å². The van der Waals surface area contributed by atoms with Crippen LogP contribution in [-0.4, -0.2) is 25.8 Å². The van der Waals surface area contributed by atoms with Crippen LogP contribution in [0.25, 0.3) is 5.69 Å². The van der Waals surface area contributed by atoms with Gasteiger partial charge in [-0.1, -0.05) is 29.0 Å². The number of benzene rings is 2. The minimum absolute atomic E-state index is 0.0992. The molecule has 8 nitrogen and oxygen atoms in total. The molecule has 0 saturated heterocycles. The van der Waals surface area contributed by atoms with E-state index in [9.17, 15) is 14.9 Å². The van der Waals surface area contributed by atoms with Gasteiger partial charge in [0.05, 0.1) is 16.3 Å². The fourth-order valence-electron chi connectivity index (χ4n) is 2.36. The minimum atomic E-state index is -0.519. The number of non-ortho nitro benzene ring substituents is 1. The highest BCUT2D eigenvalue weighted by molar-refractivity contribution is 6.03. The van der Waals surface area contributed by atoms with Crippen LogP contribution in [0, 0.1) is 24.0 Å². The third-order valence-electron chi connectivity index (χ3n) is 3.70. The van der Waals surface area contributed by atoms with Crippen LogP contribution in [0.3, 0.4) is 0 Å². The first-order valence-electron chi connectivity index (χ1n) is 7.51. The smallest absolute Gasteiger partial charge is 0.278 e. The first-order chi connectivity index (χ1) is 12.0. The summed E-state index contributed by atoms with van der Waals surface area (Å²) in [4.78, 5) is 22.7. The van der Waals surface area contributed by atoms with Crippen molar-refractivity contribution in [3.8, 4) is 5.69 Å². The molecule has 8 heteroatoms. The zero-order valence-electron chi connectivity index (χ0n) is 13.6. The molecule has 2 aromatic carbocycles. The molecule has 25 heavy (non-hydrogen) atoms. The fraction of sp³-hybridized carbons (Fsp3) is 0.118. The van der Waals surface area contributed by atoms with Crippen molar-refractivity contribution in [2.75, 3.05) is 5.32 Å². The second-order valence-electron chi connectivity index (χ2n) is 5.53. The van der Waals surface area contributed by atoms with Gasteiger partial charge in [-0.25, -0.2) is 4.68 Å². The van der Waals surface area contributed by atoms with E-state index in [0.29, 0.717) is 11.4 Å². The molecule has 0 unspecified atom stereocenters. The summed E-state index contributed by atoms with van der Waals surface area (Å²) in [7, 11) is 0. The number of anilines is 1. The van der Waals surface area contributed by atoms with Gasteiger partial charge in [-0.2, -0.15) is 0 Å². The zero-order valence-corrected chi connectivity index (χ0v) is 13.6. The van der Waals surface area contributed by atoms with Crippen molar-refractivity contribution in [2.24, 2.45) is 0 Å². The Labute approximate surface area is 143 Å². The molecule has 126 valence electrons. The van der Waals surface area contributed by atoms with E-state index in [1.807, 2.05) is 31.2 Å². The number of hydrogen-bond acceptors (Lipinski definition) is 5. The average Bonchev–Trinajstić information content (AvgIpc) is 2.97. The number of hydrogen-bond donors (Lipinski definition) is 1. The van der Waals surface area contributed by atoms with Crippen molar-refractivity contribution in [2.45, 2.75) is 13.8 Å². The lowest BCUT2D eigenvalue weighted by molar-refractivity contribution is -0.384. The van der Waals surface area contributed by atoms with E-state index in [-0.39, 0.29) is 11.4 Å². The molecule has 1 N–H and O–H groups in total. The lowest BCUT2D eigenvalue weighted by Crippen LogP contribution is -2.14. The molecule has 1 heterocycles. The number of rotatable bonds is 4. The van der Waals surface area contributed by atoms with E-state index in [0.717, 1.165) is 11.3 Å². The Bertz CT molecular complexity index is 947. The normalized spacial score (nSPS) is 10.5. The first-order valence-corrected chi connectivity index (χ1v) is 7.51. The number of amides is 1. The molecule has 0 bridgehead atoms. The van der Waals surface area contributed by atoms with Crippen molar-refractivity contribution < 1.29 is 9.72 Å². The van der Waals surface area contributed by atoms with Crippen molar-refractivity contribution in [3.05, 3.63) is 75.6 Å². The van der Waals surface area contributed by atoms with E-state index >= 15 is 0 Å². The number of nitro benzene ring substituents is 1. The SMILES string of the molecule is Cc1ccc(-n2nnc(C(=O)Nc3cccc([N+](=O)[O-])c3)c2C)cc1. The Morgan fingerprint density at radius 2 is 1.88 bits per heavy atom. The molecule has 3 aromatic rings. The molecule has 0 aliphatic carbocycles. The Kier molecular flexibility index (Phi) is 4.25. The van der Waals surface area contributed by atoms with Crippen molar-refractivity contribution in [1.82, 2.24) is 15.0 Å². The molecule has 0 saturated carbocycles. The zero-order chi connectivity index (χ0) is 18.0. The van der Waals surface area contributed by atoms with E-state index in [1.54, 1.807) is 17.7 Å². The van der Waals surface area contributed by atoms with Crippen molar-refractivity contribution >= 4 is 17.3 Å². The molecule has 0 aliphatic rings. The fourth-order valence-corrected chi connectivity index (χ4v) is 2.36. The van der Waals surface area contributed by atoms with Gasteiger partial charge in [0, 0.05) is 17.8 Å². The summed E-state index contributed by atoms with van der Waals surface area (Å²) in [6, 6.07) is 13.4. The van der Waals surface area contributed by atoms with Crippen LogP contribution in [0.15, 0.2) is 48.5 Å². The van der Waals surface area contributed by atoms with Gasteiger partial charge in [-0.3, -0.25) is 14.9 Å². The number of nitro groups is 1. The van der Waals surface area contributed by atoms with Crippen molar-refractivity contribution in [1.29, 1.82) is 0 Å². The summed E-state index contributed by atoms with van der Waals surface area (Å²) in [5.41, 5.74) is 2.87. The van der Waals surface area contributed by atoms with Gasteiger partial charge in [-0.05, 0) is 32.0 Å². The van der Waals surface area contributed by atoms with Gasteiger partial charge in [0.15, 0.2) is 5.69 Å². The van der Waals surface area contributed by atoms with Gasteiger partial charge in [0.2, 0.25) is 0 Å². The third kappa shape index (κ3) is 3.37. The lowest BCUT2D eigenvalue weighted by atomic mass is 10.2. The molecular weight excluding hydrogens is 322 g/mol. The van der Waals surface area contributed by atoms with E-state index in [2.05, 4.69) is 15.6 Å². The van der Waals surface area contributed by atoms with Gasteiger partial charge < -0.3 is 5.32 Å². The molecular formula is C17H15N5O3. The molecule has 0 atom stereocenters. The standard InChI is InChI=1S/C17H15N5O3/c1-11-6-8-14(9-7-11)21-12(2)16(19-20-21)17(23)18-13-4-3-5-15(10-13)22(24)25/h3-10H,1-2H3,(H,18,23). The van der Waals surface area contributed by atoms with Crippen LogP contribution in [0.4, 0.5) is 11.4 Å². The number of aryl methyl sites for hydroxylation is 1. The Morgan fingerprint density at radius 3 is 2.56 bits per heavy atom. The third-order valence-corrected chi connectivity index (χ3v) is 3.70. The van der Waals surface area contributed by atoms with Crippen LogP contribution in [-0.2, 0) is 0 Å².